The van der Waals surface area contributed by atoms with E-state index in [1.54, 1.807) is 11.4 Å². The molecule has 0 aliphatic carbocycles. The SMILES string of the molecule is COc1cc(N2CCC(N3CCN(S(C)(=O)=O)CC3)CC2)ccc1N. The minimum Gasteiger partial charge on any atom is -0.495 e. The van der Waals surface area contributed by atoms with Crippen LogP contribution in [-0.2, 0) is 10.0 Å². The van der Waals surface area contributed by atoms with Gasteiger partial charge in [-0.05, 0) is 25.0 Å². The van der Waals surface area contributed by atoms with Crippen LogP contribution in [0.5, 0.6) is 5.75 Å². The number of sulfonamides is 1. The van der Waals surface area contributed by atoms with Crippen LogP contribution >= 0.6 is 0 Å². The Balaban J connectivity index is 1.54. The van der Waals surface area contributed by atoms with E-state index in [2.05, 4.69) is 9.80 Å². The molecule has 0 amide bonds. The molecule has 0 saturated carbocycles. The van der Waals surface area contributed by atoms with Crippen molar-refractivity contribution in [2.75, 3.05) is 63.3 Å². The number of nitrogens with zero attached hydrogens (tertiary/aromatic N) is 3. The molecule has 140 valence electrons. The molecular weight excluding hydrogens is 340 g/mol. The Labute approximate surface area is 150 Å². The van der Waals surface area contributed by atoms with Crippen molar-refractivity contribution in [3.63, 3.8) is 0 Å². The normalized spacial score (nSPS) is 21.4. The largest absolute Gasteiger partial charge is 0.495 e. The van der Waals surface area contributed by atoms with Gasteiger partial charge < -0.3 is 15.4 Å². The molecule has 3 rings (SSSR count). The van der Waals surface area contributed by atoms with Gasteiger partial charge in [0, 0.05) is 57.1 Å². The molecule has 1 aromatic rings. The summed E-state index contributed by atoms with van der Waals surface area (Å²) in [5, 5.41) is 0. The van der Waals surface area contributed by atoms with Gasteiger partial charge in [0.2, 0.25) is 10.0 Å². The van der Waals surface area contributed by atoms with Gasteiger partial charge in [-0.25, -0.2) is 8.42 Å². The summed E-state index contributed by atoms with van der Waals surface area (Å²) in [6, 6.07) is 6.47. The minimum absolute atomic E-state index is 0.536. The molecule has 0 atom stereocenters. The highest BCUT2D eigenvalue weighted by Gasteiger charge is 2.30. The standard InChI is InChI=1S/C17H28N4O3S/c1-24-17-13-15(3-4-16(17)18)19-7-5-14(6-8-19)20-9-11-21(12-10-20)25(2,22)23/h3-4,13-14H,5-12,18H2,1-2H3. The van der Waals surface area contributed by atoms with Crippen molar-refractivity contribution >= 4 is 21.4 Å². The molecule has 2 fully saturated rings. The van der Waals surface area contributed by atoms with Gasteiger partial charge in [0.05, 0.1) is 19.1 Å². The Morgan fingerprint density at radius 3 is 2.28 bits per heavy atom. The maximum atomic E-state index is 11.6. The number of piperazine rings is 1. The summed E-state index contributed by atoms with van der Waals surface area (Å²) in [5.41, 5.74) is 7.70. The average Bonchev–Trinajstić information content (AvgIpc) is 2.62. The number of piperidine rings is 1. The van der Waals surface area contributed by atoms with E-state index in [0.717, 1.165) is 50.5 Å². The number of hydrogen-bond donors (Lipinski definition) is 1. The van der Waals surface area contributed by atoms with Crippen LogP contribution < -0.4 is 15.4 Å². The van der Waals surface area contributed by atoms with Crippen LogP contribution in [0, 0.1) is 0 Å². The number of benzene rings is 1. The maximum Gasteiger partial charge on any atom is 0.211 e. The van der Waals surface area contributed by atoms with Gasteiger partial charge >= 0.3 is 0 Å². The highest BCUT2D eigenvalue weighted by atomic mass is 32.2. The van der Waals surface area contributed by atoms with E-state index < -0.39 is 10.0 Å². The highest BCUT2D eigenvalue weighted by Crippen LogP contribution is 2.30. The third-order valence-electron chi connectivity index (χ3n) is 5.31. The second-order valence-electron chi connectivity index (χ2n) is 6.84. The summed E-state index contributed by atoms with van der Waals surface area (Å²) in [5.74, 6) is 0.719. The number of hydrogen-bond acceptors (Lipinski definition) is 6. The summed E-state index contributed by atoms with van der Waals surface area (Å²) in [7, 11) is -1.42. The Bertz CT molecular complexity index is 694. The first-order chi connectivity index (χ1) is 11.9. The van der Waals surface area contributed by atoms with Crippen molar-refractivity contribution in [2.45, 2.75) is 18.9 Å². The molecule has 0 bridgehead atoms. The predicted octanol–water partition coefficient (Wildman–Crippen LogP) is 0.823. The van der Waals surface area contributed by atoms with Crippen LogP contribution in [0.2, 0.25) is 0 Å². The van der Waals surface area contributed by atoms with Crippen LogP contribution in [0.25, 0.3) is 0 Å². The van der Waals surface area contributed by atoms with E-state index in [9.17, 15) is 8.42 Å². The summed E-state index contributed by atoms with van der Waals surface area (Å²) in [6.07, 6.45) is 3.47. The lowest BCUT2D eigenvalue weighted by molar-refractivity contribution is 0.120. The monoisotopic (exact) mass is 368 g/mol. The number of methoxy groups -OCH3 is 1. The third kappa shape index (κ3) is 4.19. The maximum absolute atomic E-state index is 11.6. The lowest BCUT2D eigenvalue weighted by atomic mass is 10.0. The van der Waals surface area contributed by atoms with Crippen LogP contribution in [0.1, 0.15) is 12.8 Å². The molecule has 0 radical (unpaired) electrons. The zero-order chi connectivity index (χ0) is 18.0. The van der Waals surface area contributed by atoms with E-state index in [0.29, 0.717) is 24.8 Å². The summed E-state index contributed by atoms with van der Waals surface area (Å²) >= 11 is 0. The van der Waals surface area contributed by atoms with Crippen LogP contribution in [0.4, 0.5) is 11.4 Å². The molecular formula is C17H28N4O3S. The molecule has 0 aromatic heterocycles. The smallest absolute Gasteiger partial charge is 0.211 e. The van der Waals surface area contributed by atoms with Crippen molar-refractivity contribution in [3.05, 3.63) is 18.2 Å². The highest BCUT2D eigenvalue weighted by molar-refractivity contribution is 7.88. The second kappa shape index (κ2) is 7.39. The molecule has 1 aromatic carbocycles. The van der Waals surface area contributed by atoms with Crippen molar-refractivity contribution in [1.82, 2.24) is 9.21 Å². The van der Waals surface area contributed by atoms with Crippen molar-refractivity contribution < 1.29 is 13.2 Å². The van der Waals surface area contributed by atoms with Crippen LogP contribution in [0.3, 0.4) is 0 Å². The fraction of sp³-hybridized carbons (Fsp3) is 0.647. The molecule has 8 heteroatoms. The van der Waals surface area contributed by atoms with Crippen molar-refractivity contribution in [1.29, 1.82) is 0 Å². The molecule has 2 aliphatic heterocycles. The molecule has 0 unspecified atom stereocenters. The van der Waals surface area contributed by atoms with Crippen LogP contribution in [0.15, 0.2) is 18.2 Å². The van der Waals surface area contributed by atoms with Crippen molar-refractivity contribution in [2.24, 2.45) is 0 Å². The van der Waals surface area contributed by atoms with Gasteiger partial charge in [0.15, 0.2) is 0 Å². The van der Waals surface area contributed by atoms with E-state index in [1.165, 1.54) is 6.26 Å². The number of nitrogens with two attached hydrogens (primary N) is 1. The van der Waals surface area contributed by atoms with Crippen molar-refractivity contribution in [3.8, 4) is 5.75 Å². The van der Waals surface area contributed by atoms with Gasteiger partial charge in [-0.3, -0.25) is 4.90 Å². The fourth-order valence-electron chi connectivity index (χ4n) is 3.79. The van der Waals surface area contributed by atoms with E-state index in [4.69, 9.17) is 10.5 Å². The van der Waals surface area contributed by atoms with E-state index in [1.807, 2.05) is 18.2 Å². The zero-order valence-electron chi connectivity index (χ0n) is 15.0. The Morgan fingerprint density at radius 2 is 1.72 bits per heavy atom. The minimum atomic E-state index is -3.06. The first kappa shape index (κ1) is 18.3. The summed E-state index contributed by atoms with van der Waals surface area (Å²) < 4.78 is 30.2. The van der Waals surface area contributed by atoms with Gasteiger partial charge in [-0.2, -0.15) is 4.31 Å². The van der Waals surface area contributed by atoms with Gasteiger partial charge in [0.25, 0.3) is 0 Å². The first-order valence-electron chi connectivity index (χ1n) is 8.76. The average molecular weight is 369 g/mol. The van der Waals surface area contributed by atoms with Gasteiger partial charge in [-0.1, -0.05) is 0 Å². The van der Waals surface area contributed by atoms with Gasteiger partial charge in [0.1, 0.15) is 5.75 Å². The van der Waals surface area contributed by atoms with E-state index >= 15 is 0 Å². The quantitative estimate of drug-likeness (QED) is 0.793. The molecule has 2 heterocycles. The number of nitrogen functional groups attached to an aromatic ring is 1. The lowest BCUT2D eigenvalue weighted by Gasteiger charge is -2.42. The molecule has 25 heavy (non-hydrogen) atoms. The molecule has 7 nitrogen and oxygen atoms in total. The lowest BCUT2D eigenvalue weighted by Crippen LogP contribution is -2.54. The summed E-state index contributed by atoms with van der Waals surface area (Å²) in [4.78, 5) is 4.81. The first-order valence-corrected chi connectivity index (χ1v) is 10.6. The predicted molar refractivity (Wildman–Crippen MR) is 101 cm³/mol. The molecule has 2 aliphatic rings. The van der Waals surface area contributed by atoms with Crippen LogP contribution in [-0.4, -0.2) is 76.3 Å². The number of rotatable bonds is 4. The number of ether oxygens (including phenoxy) is 1. The molecule has 2 N–H and O–H groups in total. The number of anilines is 2. The Hall–Kier alpha value is -1.51. The topological polar surface area (TPSA) is 79.1 Å². The Morgan fingerprint density at radius 1 is 1.08 bits per heavy atom. The Kier molecular flexibility index (Phi) is 5.41. The second-order valence-corrected chi connectivity index (χ2v) is 8.82. The zero-order valence-corrected chi connectivity index (χ0v) is 15.8. The summed E-state index contributed by atoms with van der Waals surface area (Å²) in [6.45, 7) is 4.84. The molecule has 0 spiro atoms. The van der Waals surface area contributed by atoms with E-state index in [-0.39, 0.29) is 0 Å². The third-order valence-corrected chi connectivity index (χ3v) is 6.61. The molecule has 2 saturated heterocycles. The van der Waals surface area contributed by atoms with Gasteiger partial charge in [-0.15, -0.1) is 0 Å². The fourth-order valence-corrected chi connectivity index (χ4v) is 4.61.